The van der Waals surface area contributed by atoms with Crippen LogP contribution in [0.5, 0.6) is 0 Å². The molecular formula is C12H15ClFNO2. The third-order valence-electron chi connectivity index (χ3n) is 2.40. The van der Waals surface area contributed by atoms with Crippen LogP contribution in [-0.4, -0.2) is 19.6 Å². The van der Waals surface area contributed by atoms with Crippen molar-refractivity contribution in [3.63, 3.8) is 0 Å². The number of hydrogen-bond acceptors (Lipinski definition) is 3. The molecule has 0 amide bonds. The normalized spacial score (nSPS) is 12.3. The third kappa shape index (κ3) is 3.17. The van der Waals surface area contributed by atoms with Gasteiger partial charge in [-0.1, -0.05) is 11.6 Å². The number of ether oxygens (including phenoxy) is 1. The molecule has 0 aliphatic carbocycles. The molecule has 0 bridgehead atoms. The molecule has 0 saturated carbocycles. The molecule has 1 unspecified atom stereocenters. The van der Waals surface area contributed by atoms with E-state index in [-0.39, 0.29) is 6.61 Å². The lowest BCUT2D eigenvalue weighted by Crippen LogP contribution is -2.27. The van der Waals surface area contributed by atoms with E-state index in [9.17, 15) is 9.18 Å². The maximum Gasteiger partial charge on any atom is 0.327 e. The number of carbonyl (C=O) groups excluding carboxylic acids is 1. The lowest BCUT2D eigenvalue weighted by atomic mass is 10.0. The van der Waals surface area contributed by atoms with Gasteiger partial charge < -0.3 is 10.1 Å². The monoisotopic (exact) mass is 259 g/mol. The predicted octanol–water partition coefficient (Wildman–Crippen LogP) is 2.61. The molecule has 0 aliphatic heterocycles. The summed E-state index contributed by atoms with van der Waals surface area (Å²) in [7, 11) is 1.59. The van der Waals surface area contributed by atoms with Gasteiger partial charge in [-0.15, -0.1) is 0 Å². The number of carbonyl (C=O) groups is 1. The summed E-state index contributed by atoms with van der Waals surface area (Å²) in [6, 6.07) is 2.00. The zero-order valence-electron chi connectivity index (χ0n) is 10.0. The number of likely N-dealkylation sites (N-methyl/N-ethyl adjacent to an activating group) is 1. The first-order chi connectivity index (χ1) is 8.01. The number of hydrogen-bond donors (Lipinski definition) is 1. The van der Waals surface area contributed by atoms with Crippen molar-refractivity contribution < 1.29 is 13.9 Å². The van der Waals surface area contributed by atoms with Crippen LogP contribution in [0.2, 0.25) is 5.02 Å². The van der Waals surface area contributed by atoms with Gasteiger partial charge in [0.05, 0.1) is 6.61 Å². The SMILES string of the molecule is CCOC(=O)C(NC)c1cc(F)c(C)cc1Cl. The van der Waals surface area contributed by atoms with Crippen molar-refractivity contribution in [1.82, 2.24) is 5.32 Å². The van der Waals surface area contributed by atoms with Gasteiger partial charge in [0.25, 0.3) is 0 Å². The highest BCUT2D eigenvalue weighted by molar-refractivity contribution is 6.31. The molecule has 1 atom stereocenters. The number of aryl methyl sites for hydroxylation is 1. The first-order valence-corrected chi connectivity index (χ1v) is 5.68. The minimum absolute atomic E-state index is 0.267. The van der Waals surface area contributed by atoms with E-state index in [2.05, 4.69) is 5.32 Å². The molecule has 0 heterocycles. The Balaban J connectivity index is 3.12. The molecular weight excluding hydrogens is 245 g/mol. The second kappa shape index (κ2) is 5.98. The quantitative estimate of drug-likeness (QED) is 0.845. The Morgan fingerprint density at radius 1 is 1.59 bits per heavy atom. The molecule has 3 nitrogen and oxygen atoms in total. The molecule has 5 heteroatoms. The first kappa shape index (κ1) is 13.9. The molecule has 0 aromatic heterocycles. The molecule has 1 aromatic carbocycles. The van der Waals surface area contributed by atoms with Crippen molar-refractivity contribution >= 4 is 17.6 Å². The van der Waals surface area contributed by atoms with E-state index in [1.165, 1.54) is 12.1 Å². The molecule has 0 spiro atoms. The van der Waals surface area contributed by atoms with Crippen molar-refractivity contribution in [2.75, 3.05) is 13.7 Å². The van der Waals surface area contributed by atoms with Gasteiger partial charge in [0, 0.05) is 10.6 Å². The fourth-order valence-corrected chi connectivity index (χ4v) is 1.84. The van der Waals surface area contributed by atoms with Crippen molar-refractivity contribution in [3.05, 3.63) is 34.1 Å². The molecule has 0 fully saturated rings. The van der Waals surface area contributed by atoms with Gasteiger partial charge in [-0.25, -0.2) is 9.18 Å². The Morgan fingerprint density at radius 3 is 2.76 bits per heavy atom. The Bertz CT molecular complexity index is 423. The lowest BCUT2D eigenvalue weighted by molar-refractivity contribution is -0.145. The van der Waals surface area contributed by atoms with E-state index in [4.69, 9.17) is 16.3 Å². The predicted molar refractivity (Wildman–Crippen MR) is 64.6 cm³/mol. The van der Waals surface area contributed by atoms with Crippen LogP contribution >= 0.6 is 11.6 Å². The summed E-state index contributed by atoms with van der Waals surface area (Å²) in [5, 5.41) is 3.11. The summed E-state index contributed by atoms with van der Waals surface area (Å²) in [6.07, 6.45) is 0. The van der Waals surface area contributed by atoms with Gasteiger partial charge in [-0.3, -0.25) is 0 Å². The summed E-state index contributed by atoms with van der Waals surface area (Å²) >= 11 is 6.00. The molecule has 17 heavy (non-hydrogen) atoms. The summed E-state index contributed by atoms with van der Waals surface area (Å²) in [6.45, 7) is 3.59. The van der Waals surface area contributed by atoms with Crippen LogP contribution in [-0.2, 0) is 9.53 Å². The molecule has 94 valence electrons. The van der Waals surface area contributed by atoms with Crippen molar-refractivity contribution in [2.45, 2.75) is 19.9 Å². The van der Waals surface area contributed by atoms with Crippen LogP contribution in [0.25, 0.3) is 0 Å². The Labute approximate surface area is 105 Å². The molecule has 0 saturated heterocycles. The minimum atomic E-state index is -0.752. The number of halogens is 2. The van der Waals surface area contributed by atoms with Gasteiger partial charge >= 0.3 is 5.97 Å². The van der Waals surface area contributed by atoms with E-state index >= 15 is 0 Å². The Kier molecular flexibility index (Phi) is 4.90. The zero-order valence-corrected chi connectivity index (χ0v) is 10.8. The van der Waals surface area contributed by atoms with Crippen LogP contribution < -0.4 is 5.32 Å². The largest absolute Gasteiger partial charge is 0.465 e. The minimum Gasteiger partial charge on any atom is -0.465 e. The zero-order chi connectivity index (χ0) is 13.0. The molecule has 1 N–H and O–H groups in total. The van der Waals surface area contributed by atoms with Gasteiger partial charge in [-0.05, 0) is 38.6 Å². The van der Waals surface area contributed by atoms with E-state index < -0.39 is 17.8 Å². The van der Waals surface area contributed by atoms with Crippen LogP contribution in [0.4, 0.5) is 4.39 Å². The van der Waals surface area contributed by atoms with Gasteiger partial charge in [0.1, 0.15) is 11.9 Å². The first-order valence-electron chi connectivity index (χ1n) is 5.30. The van der Waals surface area contributed by atoms with Crippen molar-refractivity contribution in [2.24, 2.45) is 0 Å². The van der Waals surface area contributed by atoms with Crippen LogP contribution in [0.15, 0.2) is 12.1 Å². The fraction of sp³-hybridized carbons (Fsp3) is 0.417. The Morgan fingerprint density at radius 2 is 2.24 bits per heavy atom. The second-order valence-corrected chi connectivity index (χ2v) is 4.00. The van der Waals surface area contributed by atoms with Crippen molar-refractivity contribution in [3.8, 4) is 0 Å². The van der Waals surface area contributed by atoms with Crippen LogP contribution in [0, 0.1) is 12.7 Å². The van der Waals surface area contributed by atoms with Gasteiger partial charge in [0.2, 0.25) is 0 Å². The summed E-state index contributed by atoms with van der Waals surface area (Å²) in [4.78, 5) is 11.7. The highest BCUT2D eigenvalue weighted by atomic mass is 35.5. The highest BCUT2D eigenvalue weighted by Crippen LogP contribution is 2.26. The maximum atomic E-state index is 13.5. The second-order valence-electron chi connectivity index (χ2n) is 3.60. The maximum absolute atomic E-state index is 13.5. The fourth-order valence-electron chi connectivity index (χ4n) is 1.51. The van der Waals surface area contributed by atoms with E-state index in [0.29, 0.717) is 16.1 Å². The van der Waals surface area contributed by atoms with Gasteiger partial charge in [-0.2, -0.15) is 0 Å². The van der Waals surface area contributed by atoms with Crippen LogP contribution in [0.1, 0.15) is 24.1 Å². The number of esters is 1. The van der Waals surface area contributed by atoms with E-state index in [1.54, 1.807) is 20.9 Å². The smallest absolute Gasteiger partial charge is 0.327 e. The molecule has 0 aliphatic rings. The number of rotatable bonds is 4. The number of benzene rings is 1. The average molecular weight is 260 g/mol. The lowest BCUT2D eigenvalue weighted by Gasteiger charge is -2.17. The van der Waals surface area contributed by atoms with Crippen molar-refractivity contribution in [1.29, 1.82) is 0 Å². The van der Waals surface area contributed by atoms with Crippen LogP contribution in [0.3, 0.4) is 0 Å². The molecule has 0 radical (unpaired) electrons. The average Bonchev–Trinajstić information content (AvgIpc) is 2.26. The summed E-state index contributed by atoms with van der Waals surface area (Å²) < 4.78 is 18.4. The highest BCUT2D eigenvalue weighted by Gasteiger charge is 2.23. The van der Waals surface area contributed by atoms with E-state index in [1.807, 2.05) is 0 Å². The topological polar surface area (TPSA) is 38.3 Å². The molecule has 1 aromatic rings. The summed E-state index contributed by atoms with van der Waals surface area (Å²) in [5.74, 6) is -0.867. The number of nitrogens with one attached hydrogen (secondary N) is 1. The third-order valence-corrected chi connectivity index (χ3v) is 2.73. The van der Waals surface area contributed by atoms with Gasteiger partial charge in [0.15, 0.2) is 0 Å². The standard InChI is InChI=1S/C12H15ClFNO2/c1-4-17-12(16)11(15-3)8-6-10(14)7(2)5-9(8)13/h5-6,11,15H,4H2,1-3H3. The Hall–Kier alpha value is -1.13. The van der Waals surface area contributed by atoms with E-state index in [0.717, 1.165) is 0 Å². The summed E-state index contributed by atoms with van der Waals surface area (Å²) in [5.41, 5.74) is 0.827. The molecule has 1 rings (SSSR count).